The number of sulfonamides is 1. The Bertz CT molecular complexity index is 1170. The molecular weight excluding hydrogens is 432 g/mol. The highest BCUT2D eigenvalue weighted by molar-refractivity contribution is 7.89. The van der Waals surface area contributed by atoms with Crippen LogP contribution in [0.3, 0.4) is 0 Å². The number of nitrogens with two attached hydrogens (primary N) is 1. The van der Waals surface area contributed by atoms with Gasteiger partial charge in [0.2, 0.25) is 16.0 Å². The number of ether oxygens (including phenoxy) is 1. The van der Waals surface area contributed by atoms with Crippen LogP contribution in [0.25, 0.3) is 11.3 Å². The lowest BCUT2D eigenvalue weighted by Gasteiger charge is -2.16. The molecule has 0 bridgehead atoms. The van der Waals surface area contributed by atoms with Gasteiger partial charge in [-0.2, -0.15) is 5.10 Å². The number of nitrogens with one attached hydrogen (secondary N) is 1. The van der Waals surface area contributed by atoms with Crippen LogP contribution >= 0.6 is 11.6 Å². The van der Waals surface area contributed by atoms with Crippen LogP contribution in [0, 0.1) is 0 Å². The van der Waals surface area contributed by atoms with E-state index in [-0.39, 0.29) is 16.6 Å². The number of hydrogen-bond donors (Lipinski definition) is 3. The Morgan fingerprint density at radius 3 is 2.70 bits per heavy atom. The zero-order chi connectivity index (χ0) is 22.1. The van der Waals surface area contributed by atoms with Gasteiger partial charge >= 0.3 is 0 Å². The summed E-state index contributed by atoms with van der Waals surface area (Å²) in [4.78, 5) is 8.50. The second-order valence-corrected chi connectivity index (χ2v) is 9.13. The van der Waals surface area contributed by atoms with Gasteiger partial charge in [-0.25, -0.2) is 23.5 Å². The van der Waals surface area contributed by atoms with Crippen molar-refractivity contribution in [2.45, 2.75) is 30.9 Å². The molecule has 0 spiro atoms. The van der Waals surface area contributed by atoms with E-state index < -0.39 is 15.6 Å². The maximum absolute atomic E-state index is 11.5. The van der Waals surface area contributed by atoms with E-state index in [4.69, 9.17) is 21.5 Å². The van der Waals surface area contributed by atoms with Gasteiger partial charge in [0.15, 0.2) is 0 Å². The molecule has 0 aliphatic heterocycles. The first-order valence-corrected chi connectivity index (χ1v) is 10.6. The van der Waals surface area contributed by atoms with Gasteiger partial charge in [0.25, 0.3) is 0 Å². The van der Waals surface area contributed by atoms with Crippen molar-refractivity contribution in [3.63, 3.8) is 0 Å². The molecule has 0 aliphatic carbocycles. The lowest BCUT2D eigenvalue weighted by Crippen LogP contribution is -2.26. The molecule has 160 valence electrons. The number of nitrogens with zero attached hydrogens (tertiary/aromatic N) is 4. The molecule has 1 aromatic carbocycles. The molecule has 0 saturated carbocycles. The molecule has 0 saturated heterocycles. The average Bonchev–Trinajstić information content (AvgIpc) is 3.09. The Balaban J connectivity index is 1.91. The van der Waals surface area contributed by atoms with E-state index in [9.17, 15) is 13.5 Å². The van der Waals surface area contributed by atoms with Crippen molar-refractivity contribution >= 4 is 33.3 Å². The summed E-state index contributed by atoms with van der Waals surface area (Å²) in [6.07, 6.45) is 4.74. The molecule has 0 aliphatic rings. The van der Waals surface area contributed by atoms with Crippen LogP contribution in [-0.2, 0) is 16.6 Å². The van der Waals surface area contributed by atoms with Gasteiger partial charge in [-0.15, -0.1) is 0 Å². The second kappa shape index (κ2) is 8.19. The fourth-order valence-electron chi connectivity index (χ4n) is 2.67. The third-order valence-corrected chi connectivity index (χ3v) is 5.14. The Morgan fingerprint density at radius 2 is 2.07 bits per heavy atom. The van der Waals surface area contributed by atoms with Gasteiger partial charge < -0.3 is 15.2 Å². The van der Waals surface area contributed by atoms with Gasteiger partial charge in [-0.3, -0.25) is 4.68 Å². The smallest absolute Gasteiger partial charge is 0.238 e. The minimum absolute atomic E-state index is 0.0816. The minimum atomic E-state index is -3.87. The van der Waals surface area contributed by atoms with Gasteiger partial charge in [0, 0.05) is 17.8 Å². The van der Waals surface area contributed by atoms with E-state index in [1.54, 1.807) is 30.9 Å². The van der Waals surface area contributed by atoms with Crippen molar-refractivity contribution < 1.29 is 18.3 Å². The molecule has 3 rings (SSSR count). The Morgan fingerprint density at radius 1 is 1.33 bits per heavy atom. The van der Waals surface area contributed by atoms with Gasteiger partial charge in [0.1, 0.15) is 5.75 Å². The molecule has 2 heterocycles. The second-order valence-electron chi connectivity index (χ2n) is 7.16. The standard InChI is InChI=1S/C18H21ClN6O4S/c1-18(2,26)10-25-9-11(7-22-25)16-13(19)8-21-17(24-16)23-14-5-4-12(30(20,27)28)6-15(14)29-3/h4-9,26H,10H2,1-3H3,(H2,20,27,28)(H,21,23,24). The lowest BCUT2D eigenvalue weighted by atomic mass is 10.1. The number of methoxy groups -OCH3 is 1. The highest BCUT2D eigenvalue weighted by Gasteiger charge is 2.17. The van der Waals surface area contributed by atoms with Crippen LogP contribution in [0.4, 0.5) is 11.6 Å². The first-order valence-electron chi connectivity index (χ1n) is 8.72. The maximum Gasteiger partial charge on any atom is 0.238 e. The number of benzene rings is 1. The minimum Gasteiger partial charge on any atom is -0.495 e. The monoisotopic (exact) mass is 452 g/mol. The SMILES string of the molecule is COc1cc(S(N)(=O)=O)ccc1Nc1ncc(Cl)c(-c2cnn(CC(C)(C)O)c2)n1. The van der Waals surface area contributed by atoms with Crippen LogP contribution in [-0.4, -0.2) is 46.0 Å². The Labute approximate surface area is 178 Å². The largest absolute Gasteiger partial charge is 0.495 e. The van der Waals surface area contributed by atoms with E-state index in [0.29, 0.717) is 28.5 Å². The summed E-state index contributed by atoms with van der Waals surface area (Å²) < 4.78 is 29.9. The van der Waals surface area contributed by atoms with Crippen molar-refractivity contribution in [1.29, 1.82) is 0 Å². The lowest BCUT2D eigenvalue weighted by molar-refractivity contribution is 0.0577. The van der Waals surface area contributed by atoms with Crippen LogP contribution in [0.5, 0.6) is 5.75 Å². The third-order valence-electron chi connectivity index (χ3n) is 3.95. The van der Waals surface area contributed by atoms with Crippen LogP contribution in [0.1, 0.15) is 13.8 Å². The summed E-state index contributed by atoms with van der Waals surface area (Å²) in [5.74, 6) is 0.464. The summed E-state index contributed by atoms with van der Waals surface area (Å²) in [5.41, 5.74) is 0.601. The molecule has 12 heteroatoms. The van der Waals surface area contributed by atoms with Gasteiger partial charge in [-0.1, -0.05) is 11.6 Å². The Kier molecular flexibility index (Phi) is 5.99. The van der Waals surface area contributed by atoms with E-state index >= 15 is 0 Å². The molecule has 0 radical (unpaired) electrons. The third kappa shape index (κ3) is 5.25. The van der Waals surface area contributed by atoms with Crippen molar-refractivity contribution in [2.24, 2.45) is 5.14 Å². The van der Waals surface area contributed by atoms with Crippen molar-refractivity contribution in [2.75, 3.05) is 12.4 Å². The number of anilines is 2. The van der Waals surface area contributed by atoms with Crippen molar-refractivity contribution in [3.05, 3.63) is 41.8 Å². The first-order chi connectivity index (χ1) is 14.0. The number of hydrogen-bond acceptors (Lipinski definition) is 8. The first kappa shape index (κ1) is 22.0. The molecular formula is C18H21ClN6O4S. The molecule has 0 amide bonds. The molecule has 0 unspecified atom stereocenters. The molecule has 2 aromatic heterocycles. The summed E-state index contributed by atoms with van der Waals surface area (Å²) in [7, 11) is -2.47. The molecule has 30 heavy (non-hydrogen) atoms. The number of primary sulfonamides is 1. The maximum atomic E-state index is 11.5. The van der Waals surface area contributed by atoms with E-state index in [0.717, 1.165) is 0 Å². The fourth-order valence-corrected chi connectivity index (χ4v) is 3.40. The Hall–Kier alpha value is -2.73. The molecule has 0 atom stereocenters. The predicted octanol–water partition coefficient (Wildman–Crippen LogP) is 2.16. The van der Waals surface area contributed by atoms with Crippen molar-refractivity contribution in [3.8, 4) is 17.0 Å². The van der Waals surface area contributed by atoms with E-state index in [1.165, 1.54) is 31.5 Å². The highest BCUT2D eigenvalue weighted by Crippen LogP contribution is 2.31. The number of rotatable bonds is 7. The van der Waals surface area contributed by atoms with Crippen molar-refractivity contribution in [1.82, 2.24) is 19.7 Å². The summed E-state index contributed by atoms with van der Waals surface area (Å²) in [6, 6.07) is 4.14. The van der Waals surface area contributed by atoms with Gasteiger partial charge in [-0.05, 0) is 26.0 Å². The number of aliphatic hydroxyl groups is 1. The normalized spacial score (nSPS) is 12.1. The van der Waals surface area contributed by atoms with Crippen LogP contribution in [0.2, 0.25) is 5.02 Å². The summed E-state index contributed by atoms with van der Waals surface area (Å²) >= 11 is 6.26. The van der Waals surface area contributed by atoms with E-state index in [1.807, 2.05) is 0 Å². The topological polar surface area (TPSA) is 145 Å². The quantitative estimate of drug-likeness (QED) is 0.494. The fraction of sp³-hybridized carbons (Fsp3) is 0.278. The number of halogens is 1. The summed E-state index contributed by atoms with van der Waals surface area (Å²) in [5, 5.41) is 22.6. The molecule has 4 N–H and O–H groups in total. The molecule has 3 aromatic rings. The highest BCUT2D eigenvalue weighted by atomic mass is 35.5. The van der Waals surface area contributed by atoms with Gasteiger partial charge in [0.05, 0.1) is 52.9 Å². The molecule has 10 nitrogen and oxygen atoms in total. The van der Waals surface area contributed by atoms with E-state index in [2.05, 4.69) is 20.4 Å². The summed E-state index contributed by atoms with van der Waals surface area (Å²) in [6.45, 7) is 3.67. The zero-order valence-electron chi connectivity index (χ0n) is 16.5. The van der Waals surface area contributed by atoms with Crippen LogP contribution in [0.15, 0.2) is 41.7 Å². The zero-order valence-corrected chi connectivity index (χ0v) is 18.1. The van der Waals surface area contributed by atoms with Crippen LogP contribution < -0.4 is 15.2 Å². The number of aromatic nitrogens is 4. The predicted molar refractivity (Wildman–Crippen MR) is 112 cm³/mol. The average molecular weight is 453 g/mol. The molecule has 0 fully saturated rings.